The fourth-order valence-corrected chi connectivity index (χ4v) is 9.73. The first-order chi connectivity index (χ1) is 38.9. The van der Waals surface area contributed by atoms with E-state index in [0.29, 0.717) is 18.7 Å². The van der Waals surface area contributed by atoms with Gasteiger partial charge in [-0.1, -0.05) is 165 Å². The molecule has 0 radical (unpaired) electrons. The van der Waals surface area contributed by atoms with Crippen LogP contribution in [-0.2, 0) is 47.8 Å². The molecule has 0 unspecified atom stereocenters. The second-order valence-corrected chi connectivity index (χ2v) is 24.7. The number of alkyl carbamates (subject to hydrolysis) is 2. The lowest BCUT2D eigenvalue weighted by Gasteiger charge is -2.35. The first kappa shape index (κ1) is 69.2. The number of likely N-dealkylation sites (tertiary alicyclic amines) is 1. The van der Waals surface area contributed by atoms with E-state index in [9.17, 15) is 28.8 Å². The zero-order chi connectivity index (χ0) is 61.4. The van der Waals surface area contributed by atoms with Crippen molar-refractivity contribution in [3.8, 4) is 22.3 Å². The molecule has 4 aliphatic rings. The topological polar surface area (TPSA) is 242 Å². The van der Waals surface area contributed by atoms with Gasteiger partial charge < -0.3 is 54.6 Å². The summed E-state index contributed by atoms with van der Waals surface area (Å²) in [4.78, 5) is 86.6. The molecule has 85 heavy (non-hydrogen) atoms. The van der Waals surface area contributed by atoms with Gasteiger partial charge in [-0.05, 0) is 97.9 Å². The SMILES string of the molecule is C.C.C=Cc1ccc2c(c1)C(=NO[C@@H]1C[C@@H](C(=O)OC)N(C(=O)[C@@H](NC(=O)OC(C)(C)C)C(C)(C)C)C1)c1ccccc1-2.C=Cc1ccc2c(c1)C(=NO[C@H]1CN[C@H](C(=O)OC)C1)c1ccccc1-2.CC(C)(C)OC(=O)N[C@H](C(=O)O)C(C)(C)C. The Balaban J connectivity index is 0.000000301. The summed E-state index contributed by atoms with van der Waals surface area (Å²) in [6, 6.07) is 25.3. The molecule has 0 saturated carbocycles. The number of carboxylic acids is 1. The molecule has 0 aromatic heterocycles. The predicted molar refractivity (Wildman–Crippen MR) is 332 cm³/mol. The van der Waals surface area contributed by atoms with Crippen molar-refractivity contribution in [3.63, 3.8) is 0 Å². The Bertz CT molecular complexity index is 3160. The van der Waals surface area contributed by atoms with Crippen LogP contribution in [0.2, 0.25) is 0 Å². The average molecular weight is 1170 g/mol. The molecule has 19 nitrogen and oxygen atoms in total. The van der Waals surface area contributed by atoms with E-state index < -0.39 is 76.3 Å². The van der Waals surface area contributed by atoms with Gasteiger partial charge in [0.05, 0.1) is 20.8 Å². The summed E-state index contributed by atoms with van der Waals surface area (Å²) in [6.45, 7) is 29.5. The van der Waals surface area contributed by atoms with Crippen molar-refractivity contribution in [1.82, 2.24) is 20.9 Å². The molecular formula is C66H88N6O13. The van der Waals surface area contributed by atoms with E-state index in [1.165, 1.54) is 19.1 Å². The van der Waals surface area contributed by atoms with Crippen molar-refractivity contribution >= 4 is 59.6 Å². The molecule has 6 atom stereocenters. The summed E-state index contributed by atoms with van der Waals surface area (Å²) in [6.07, 6.45) is 2.18. The van der Waals surface area contributed by atoms with Gasteiger partial charge in [-0.2, -0.15) is 0 Å². The van der Waals surface area contributed by atoms with E-state index >= 15 is 0 Å². The Morgan fingerprint density at radius 2 is 1.00 bits per heavy atom. The quantitative estimate of drug-likeness (QED) is 0.0506. The number of hydrogen-bond donors (Lipinski definition) is 4. The lowest BCUT2D eigenvalue weighted by molar-refractivity contribution is -0.152. The smallest absolute Gasteiger partial charge is 0.408 e. The molecule has 0 bridgehead atoms. The number of carboxylic acid groups (broad SMARTS) is 1. The van der Waals surface area contributed by atoms with E-state index in [2.05, 4.69) is 63.7 Å². The van der Waals surface area contributed by atoms with Gasteiger partial charge in [0, 0.05) is 41.6 Å². The number of methoxy groups -OCH3 is 2. The highest BCUT2D eigenvalue weighted by atomic mass is 16.6. The number of nitrogens with zero attached hydrogens (tertiary/aromatic N) is 3. The molecule has 460 valence electrons. The van der Waals surface area contributed by atoms with Crippen molar-refractivity contribution in [2.24, 2.45) is 21.1 Å². The standard InChI is InChI=1S/C32H39N3O6.C21H20N2O3.C11H21NO4.2CH4/c1-9-19-14-15-22-21-12-10-11-13-23(21)26(24(22)16-19)34-41-20-17-25(29(37)39-8)35(18-20)28(36)27(31(2,3)4)33-30(38)40-32(5,6)7;1-3-13-8-9-16-15-6-4-5-7-17(15)20(18(16)10-13)23-26-14-11-19(22-12-14)21(24)25-2;1-10(2,3)7(8(13)14)12-9(15)16-11(4,5)6;;/h9-16,20,25,27H,1,17-18H2,2-8H3,(H,33,38);3-10,14,19,22H,1,11-12H2,2H3;7H,1-6H3,(H,12,15)(H,13,14);2*1H4/t20-,25+,27-;14-,19+;7-;;/m111../s1. The van der Waals surface area contributed by atoms with Crippen LogP contribution in [0.15, 0.2) is 108 Å². The number of amides is 3. The summed E-state index contributed by atoms with van der Waals surface area (Å²) in [5, 5.41) is 26.2. The number of hydrogen-bond acceptors (Lipinski definition) is 15. The van der Waals surface area contributed by atoms with Gasteiger partial charge in [0.25, 0.3) is 0 Å². The molecular weight excluding hydrogens is 1080 g/mol. The average Bonchev–Trinajstić information content (AvgIpc) is 2.03. The summed E-state index contributed by atoms with van der Waals surface area (Å²) in [7, 11) is 2.67. The molecule has 2 fully saturated rings. The van der Waals surface area contributed by atoms with E-state index in [1.807, 2.05) is 87.5 Å². The van der Waals surface area contributed by atoms with E-state index in [-0.39, 0.29) is 45.9 Å². The van der Waals surface area contributed by atoms with Crippen LogP contribution in [0.5, 0.6) is 0 Å². The number of benzene rings is 4. The molecule has 8 rings (SSSR count). The summed E-state index contributed by atoms with van der Waals surface area (Å²) >= 11 is 0. The minimum Gasteiger partial charge on any atom is -0.480 e. The lowest BCUT2D eigenvalue weighted by atomic mass is 9.85. The van der Waals surface area contributed by atoms with Gasteiger partial charge in [0.15, 0.2) is 0 Å². The van der Waals surface area contributed by atoms with E-state index in [0.717, 1.165) is 61.3 Å². The fraction of sp³-hybridized carbons (Fsp3) is 0.455. The van der Waals surface area contributed by atoms with Crippen LogP contribution in [0.4, 0.5) is 9.59 Å². The first-order valence-electron chi connectivity index (χ1n) is 27.5. The molecule has 2 aliphatic heterocycles. The number of fused-ring (bicyclic) bond motifs is 6. The fourth-order valence-electron chi connectivity index (χ4n) is 9.73. The van der Waals surface area contributed by atoms with Crippen LogP contribution in [-0.4, -0.2) is 132 Å². The van der Waals surface area contributed by atoms with E-state index in [1.54, 1.807) is 68.4 Å². The Morgan fingerprint density at radius 3 is 1.40 bits per heavy atom. The van der Waals surface area contributed by atoms with Crippen LogP contribution in [0.1, 0.15) is 144 Å². The maximum absolute atomic E-state index is 13.9. The van der Waals surface area contributed by atoms with Crippen molar-refractivity contribution in [1.29, 1.82) is 0 Å². The third-order valence-electron chi connectivity index (χ3n) is 13.7. The Morgan fingerprint density at radius 1 is 0.588 bits per heavy atom. The molecule has 4 aromatic carbocycles. The van der Waals surface area contributed by atoms with Crippen LogP contribution < -0.4 is 16.0 Å². The van der Waals surface area contributed by atoms with Gasteiger partial charge in [0.2, 0.25) is 5.91 Å². The summed E-state index contributed by atoms with van der Waals surface area (Å²) < 4.78 is 20.2. The number of ether oxygens (including phenoxy) is 4. The van der Waals surface area contributed by atoms with Crippen LogP contribution >= 0.6 is 0 Å². The Hall–Kier alpha value is -8.32. The van der Waals surface area contributed by atoms with Crippen LogP contribution in [0, 0.1) is 10.8 Å². The molecule has 4 N–H and O–H groups in total. The van der Waals surface area contributed by atoms with Gasteiger partial charge >= 0.3 is 30.1 Å². The predicted octanol–water partition coefficient (Wildman–Crippen LogP) is 11.4. The van der Waals surface area contributed by atoms with Gasteiger partial charge in [0.1, 0.15) is 59.0 Å². The summed E-state index contributed by atoms with van der Waals surface area (Å²) in [5.74, 6) is -2.33. The zero-order valence-electron chi connectivity index (χ0n) is 50.1. The monoisotopic (exact) mass is 1170 g/mol. The third-order valence-corrected chi connectivity index (χ3v) is 13.7. The first-order valence-corrected chi connectivity index (χ1v) is 27.5. The lowest BCUT2D eigenvalue weighted by Crippen LogP contribution is -2.57. The number of rotatable bonds is 12. The zero-order valence-corrected chi connectivity index (χ0v) is 50.1. The molecule has 2 heterocycles. The molecule has 2 aliphatic carbocycles. The molecule has 0 spiro atoms. The molecule has 2 saturated heterocycles. The maximum atomic E-state index is 13.9. The maximum Gasteiger partial charge on any atom is 0.408 e. The largest absolute Gasteiger partial charge is 0.480 e. The van der Waals surface area contributed by atoms with Gasteiger partial charge in [-0.15, -0.1) is 0 Å². The number of esters is 2. The summed E-state index contributed by atoms with van der Waals surface area (Å²) in [5.41, 5.74) is 9.24. The highest BCUT2D eigenvalue weighted by Crippen LogP contribution is 2.40. The molecule has 4 aromatic rings. The van der Waals surface area contributed by atoms with Crippen LogP contribution in [0.3, 0.4) is 0 Å². The van der Waals surface area contributed by atoms with Crippen LogP contribution in [0.25, 0.3) is 34.4 Å². The van der Waals surface area contributed by atoms with Gasteiger partial charge in [-0.25, -0.2) is 19.2 Å². The highest BCUT2D eigenvalue weighted by Gasteiger charge is 2.47. The number of nitrogens with one attached hydrogen (secondary N) is 3. The number of oxime groups is 2. The number of carbonyl (C=O) groups is 6. The van der Waals surface area contributed by atoms with Crippen molar-refractivity contribution in [2.75, 3.05) is 27.3 Å². The second-order valence-electron chi connectivity index (χ2n) is 24.7. The van der Waals surface area contributed by atoms with E-state index in [4.69, 9.17) is 33.7 Å². The third kappa shape index (κ3) is 17.6. The Labute approximate surface area is 501 Å². The minimum atomic E-state index is -1.07. The van der Waals surface area contributed by atoms with Crippen molar-refractivity contribution in [2.45, 2.75) is 158 Å². The number of aliphatic carboxylic acids is 1. The highest BCUT2D eigenvalue weighted by molar-refractivity contribution is 6.25. The minimum absolute atomic E-state index is 0. The van der Waals surface area contributed by atoms with Gasteiger partial charge in [-0.3, -0.25) is 9.59 Å². The molecule has 19 heteroatoms. The second kappa shape index (κ2) is 28.5. The number of carbonyl (C=O) groups excluding carboxylic acids is 5. The van der Waals surface area contributed by atoms with Crippen molar-refractivity contribution < 1.29 is 62.5 Å². The Kier molecular flexibility index (Phi) is 23.2. The normalized spacial score (nSPS) is 18.9. The molecule has 3 amide bonds. The van der Waals surface area contributed by atoms with Crippen molar-refractivity contribution in [3.05, 3.63) is 131 Å².